The summed E-state index contributed by atoms with van der Waals surface area (Å²) in [6.45, 7) is -0.154. The van der Waals surface area contributed by atoms with Crippen LogP contribution in [0.3, 0.4) is 0 Å². The van der Waals surface area contributed by atoms with Gasteiger partial charge in [0.2, 0.25) is 0 Å². The Balaban J connectivity index is 1.41. The zero-order chi connectivity index (χ0) is 33.7. The highest BCUT2D eigenvalue weighted by molar-refractivity contribution is 7.92. The van der Waals surface area contributed by atoms with E-state index in [1.807, 2.05) is 0 Å². The molecule has 1 aliphatic carbocycles. The van der Waals surface area contributed by atoms with Crippen molar-refractivity contribution < 1.29 is 44.4 Å². The monoisotopic (exact) mass is 675 g/mol. The molecule has 5 aromatic rings. The van der Waals surface area contributed by atoms with Crippen molar-refractivity contribution in [3.05, 3.63) is 106 Å². The van der Waals surface area contributed by atoms with Crippen LogP contribution in [0.15, 0.2) is 87.2 Å². The fourth-order valence-electron chi connectivity index (χ4n) is 5.66. The van der Waals surface area contributed by atoms with Crippen LogP contribution >= 0.6 is 0 Å². The van der Waals surface area contributed by atoms with Gasteiger partial charge in [-0.3, -0.25) is 9.36 Å². The van der Waals surface area contributed by atoms with E-state index in [4.69, 9.17) is 14.0 Å². The van der Waals surface area contributed by atoms with Crippen molar-refractivity contribution in [1.29, 1.82) is 0 Å². The molecule has 0 atom stereocenters. The Morgan fingerprint density at radius 1 is 0.957 bits per heavy atom. The van der Waals surface area contributed by atoms with Crippen molar-refractivity contribution in [2.24, 2.45) is 5.92 Å². The van der Waals surface area contributed by atoms with Crippen molar-refractivity contribution in [2.75, 3.05) is 18.5 Å². The molecule has 0 spiro atoms. The van der Waals surface area contributed by atoms with Gasteiger partial charge in [0.1, 0.15) is 23.6 Å². The van der Waals surface area contributed by atoms with Crippen LogP contribution in [0.5, 0.6) is 11.5 Å². The highest BCUT2D eigenvalue weighted by Gasteiger charge is 2.48. The minimum atomic E-state index is -4.39. The lowest BCUT2D eigenvalue weighted by atomic mass is 9.71. The van der Waals surface area contributed by atoms with Crippen LogP contribution in [0, 0.1) is 17.6 Å². The van der Waals surface area contributed by atoms with Crippen LogP contribution in [0.1, 0.15) is 29.9 Å². The summed E-state index contributed by atoms with van der Waals surface area (Å²) in [7, 11) is -1.65. The zero-order valence-electron chi connectivity index (χ0n) is 24.8. The molecular formula is C32H26F5N3O6S. The quantitative estimate of drug-likeness (QED) is 0.160. The second-order valence-electron chi connectivity index (χ2n) is 11.0. The van der Waals surface area contributed by atoms with E-state index in [0.29, 0.717) is 11.3 Å². The summed E-state index contributed by atoms with van der Waals surface area (Å²) >= 11 is 0. The highest BCUT2D eigenvalue weighted by atomic mass is 32.2. The summed E-state index contributed by atoms with van der Waals surface area (Å²) < 4.78 is 115. The van der Waals surface area contributed by atoms with Gasteiger partial charge in [-0.15, -0.1) is 0 Å². The molecule has 0 radical (unpaired) electrons. The Hall–Kier alpha value is -4.92. The standard InChI is InChI=1S/C32H26F5N3O6S/c1-44-22-5-3-18(4-6-22)17-39(30-9-10-46-38-30)47(42,43)23-7-8-27-20(13-23)14-26(34)31(41)40(27)28-16-25(33)24(15-29(28)45-2)19-11-21(12-19)32(35,36)37/h3-10,13-16,19,21H,11-12,17H2,1-2H3. The SMILES string of the molecule is COc1ccc(CN(c2ccon2)S(=O)(=O)c2ccc3c(c2)cc(F)c(=O)n3-c2cc(F)c(C3CC(C(F)(F)F)C3)cc2OC)cc1. The summed E-state index contributed by atoms with van der Waals surface area (Å²) in [6.07, 6.45) is -3.78. The Kier molecular flexibility index (Phi) is 8.20. The van der Waals surface area contributed by atoms with Crippen molar-refractivity contribution >= 4 is 26.7 Å². The Morgan fingerprint density at radius 2 is 1.68 bits per heavy atom. The van der Waals surface area contributed by atoms with Crippen LogP contribution in [0.25, 0.3) is 16.6 Å². The zero-order valence-corrected chi connectivity index (χ0v) is 25.6. The molecule has 0 unspecified atom stereocenters. The maximum absolute atomic E-state index is 15.4. The predicted octanol–water partition coefficient (Wildman–Crippen LogP) is 6.73. The van der Waals surface area contributed by atoms with E-state index in [1.165, 1.54) is 44.7 Å². The van der Waals surface area contributed by atoms with Gasteiger partial charge in [0, 0.05) is 17.5 Å². The van der Waals surface area contributed by atoms with Crippen molar-refractivity contribution in [2.45, 2.75) is 36.4 Å². The van der Waals surface area contributed by atoms with Crippen LogP contribution in [0.4, 0.5) is 27.8 Å². The molecule has 6 rings (SSSR count). The number of fused-ring (bicyclic) bond motifs is 1. The maximum atomic E-state index is 15.4. The molecule has 15 heteroatoms. The molecule has 0 amide bonds. The number of aromatic nitrogens is 2. The molecule has 0 bridgehead atoms. The van der Waals surface area contributed by atoms with Crippen molar-refractivity contribution in [1.82, 2.24) is 9.72 Å². The average Bonchev–Trinajstić information content (AvgIpc) is 3.54. The van der Waals surface area contributed by atoms with Crippen molar-refractivity contribution in [3.63, 3.8) is 0 Å². The van der Waals surface area contributed by atoms with Gasteiger partial charge in [-0.25, -0.2) is 21.5 Å². The largest absolute Gasteiger partial charge is 0.497 e. The number of benzene rings is 3. The van der Waals surface area contributed by atoms with Gasteiger partial charge in [-0.05, 0) is 72.4 Å². The molecule has 1 aliphatic rings. The first-order chi connectivity index (χ1) is 22.3. The van der Waals surface area contributed by atoms with Gasteiger partial charge in [0.05, 0.1) is 42.8 Å². The molecule has 1 fully saturated rings. The predicted molar refractivity (Wildman–Crippen MR) is 160 cm³/mol. The summed E-state index contributed by atoms with van der Waals surface area (Å²) in [5, 5.41) is 3.77. The maximum Gasteiger partial charge on any atom is 0.391 e. The first-order valence-electron chi connectivity index (χ1n) is 14.2. The fourth-order valence-corrected chi connectivity index (χ4v) is 7.09. The Labute approximate surface area is 264 Å². The number of sulfonamides is 1. The second kappa shape index (κ2) is 12.0. The fraction of sp³-hybridized carbons (Fsp3) is 0.250. The minimum absolute atomic E-state index is 0.0157. The first-order valence-corrected chi connectivity index (χ1v) is 15.6. The van der Waals surface area contributed by atoms with E-state index in [9.17, 15) is 26.4 Å². The summed E-state index contributed by atoms with van der Waals surface area (Å²) in [4.78, 5) is 12.9. The number of rotatable bonds is 9. The molecule has 2 aromatic heterocycles. The van der Waals surface area contributed by atoms with Crippen LogP contribution in [-0.4, -0.2) is 38.5 Å². The number of hydrogen-bond acceptors (Lipinski definition) is 7. The molecule has 246 valence electrons. The van der Waals surface area contributed by atoms with E-state index in [0.717, 1.165) is 27.1 Å². The molecule has 0 saturated heterocycles. The van der Waals surface area contributed by atoms with E-state index < -0.39 is 45.2 Å². The van der Waals surface area contributed by atoms with Gasteiger partial charge in [0.25, 0.3) is 15.6 Å². The molecule has 0 N–H and O–H groups in total. The van der Waals surface area contributed by atoms with Gasteiger partial charge < -0.3 is 14.0 Å². The van der Waals surface area contributed by atoms with Gasteiger partial charge >= 0.3 is 6.18 Å². The molecule has 9 nitrogen and oxygen atoms in total. The molecule has 47 heavy (non-hydrogen) atoms. The Bertz CT molecular complexity index is 2110. The molecule has 2 heterocycles. The smallest absolute Gasteiger partial charge is 0.391 e. The number of anilines is 1. The van der Waals surface area contributed by atoms with Gasteiger partial charge in [0.15, 0.2) is 11.6 Å². The number of pyridine rings is 1. The lowest BCUT2D eigenvalue weighted by Crippen LogP contribution is -2.34. The van der Waals surface area contributed by atoms with E-state index in [-0.39, 0.29) is 58.0 Å². The third-order valence-corrected chi connectivity index (χ3v) is 10.0. The van der Waals surface area contributed by atoms with Crippen LogP contribution in [-0.2, 0) is 16.6 Å². The number of halogens is 5. The van der Waals surface area contributed by atoms with E-state index in [2.05, 4.69) is 5.16 Å². The molecule has 0 aliphatic heterocycles. The summed E-state index contributed by atoms with van der Waals surface area (Å²) in [6, 6.07) is 14.6. The number of ether oxygens (including phenoxy) is 2. The first kappa shape index (κ1) is 32.0. The van der Waals surface area contributed by atoms with E-state index >= 15 is 8.78 Å². The number of alkyl halides is 3. The van der Waals surface area contributed by atoms with Gasteiger partial charge in [-0.1, -0.05) is 17.3 Å². The second-order valence-corrected chi connectivity index (χ2v) is 12.9. The summed E-state index contributed by atoms with van der Waals surface area (Å²) in [5.41, 5.74) is -0.799. The third kappa shape index (κ3) is 5.90. The van der Waals surface area contributed by atoms with Crippen molar-refractivity contribution in [3.8, 4) is 17.2 Å². The lowest BCUT2D eigenvalue weighted by Gasteiger charge is -2.37. The van der Waals surface area contributed by atoms with Gasteiger partial charge in [-0.2, -0.15) is 13.2 Å². The molecule has 1 saturated carbocycles. The van der Waals surface area contributed by atoms with Crippen LogP contribution < -0.4 is 19.3 Å². The number of methoxy groups -OCH3 is 2. The van der Waals surface area contributed by atoms with Crippen LogP contribution in [0.2, 0.25) is 0 Å². The average molecular weight is 676 g/mol. The molecule has 3 aromatic carbocycles. The normalized spacial score (nSPS) is 16.6. The lowest BCUT2D eigenvalue weighted by molar-refractivity contribution is -0.197. The Morgan fingerprint density at radius 3 is 2.30 bits per heavy atom. The number of hydrogen-bond donors (Lipinski definition) is 0. The highest BCUT2D eigenvalue weighted by Crippen LogP contribution is 2.51. The summed E-state index contributed by atoms with van der Waals surface area (Å²) in [5.74, 6) is -3.96. The molecular weight excluding hydrogens is 649 g/mol. The van der Waals surface area contributed by atoms with E-state index in [1.54, 1.807) is 24.3 Å². The topological polar surface area (TPSA) is 104 Å². The third-order valence-electron chi connectivity index (χ3n) is 8.26. The minimum Gasteiger partial charge on any atom is -0.497 e. The number of nitrogens with zero attached hydrogens (tertiary/aromatic N) is 3.